The fourth-order valence-corrected chi connectivity index (χ4v) is 4.08. The molecule has 21 heavy (non-hydrogen) atoms. The van der Waals surface area contributed by atoms with E-state index in [0.29, 0.717) is 5.92 Å². The summed E-state index contributed by atoms with van der Waals surface area (Å²) in [5.74, 6) is 1.27. The molecular weight excluding hydrogens is 300 g/mol. The lowest BCUT2D eigenvalue weighted by atomic mass is 10.0. The molecule has 0 bridgehead atoms. The average Bonchev–Trinajstić information content (AvgIpc) is 3.08. The van der Waals surface area contributed by atoms with E-state index in [0.717, 1.165) is 21.6 Å². The number of H-pyrrole nitrogens is 1. The van der Waals surface area contributed by atoms with Gasteiger partial charge in [0.2, 0.25) is 0 Å². The molecule has 0 saturated heterocycles. The second kappa shape index (κ2) is 5.66. The highest BCUT2D eigenvalue weighted by molar-refractivity contribution is 7.71. The number of nitrogens with zero attached hydrogens (tertiary/aromatic N) is 1. The van der Waals surface area contributed by atoms with Crippen LogP contribution in [0.4, 0.5) is 0 Å². The van der Waals surface area contributed by atoms with Crippen LogP contribution in [0.1, 0.15) is 24.8 Å². The molecule has 2 heterocycles. The number of ether oxygens (including phenoxy) is 1. The van der Waals surface area contributed by atoms with Gasteiger partial charge in [-0.2, -0.15) is 0 Å². The van der Waals surface area contributed by atoms with Crippen molar-refractivity contribution in [1.29, 1.82) is 0 Å². The van der Waals surface area contributed by atoms with Crippen LogP contribution in [0, 0.1) is 10.7 Å². The quantitative estimate of drug-likeness (QED) is 0.685. The highest BCUT2D eigenvalue weighted by Gasteiger charge is 2.22. The van der Waals surface area contributed by atoms with Gasteiger partial charge in [0.15, 0.2) is 4.77 Å². The molecule has 0 aliphatic rings. The molecule has 0 radical (unpaired) electrons. The summed E-state index contributed by atoms with van der Waals surface area (Å²) in [6, 6.07) is 10.6. The summed E-state index contributed by atoms with van der Waals surface area (Å²) in [5.41, 5.74) is 2.05. The molecule has 3 rings (SSSR count). The Morgan fingerprint density at radius 2 is 2.05 bits per heavy atom. The fraction of sp³-hybridized carbons (Fsp3) is 0.312. The molecule has 3 aromatic rings. The van der Waals surface area contributed by atoms with E-state index in [-0.39, 0.29) is 6.04 Å². The van der Waals surface area contributed by atoms with E-state index in [9.17, 15) is 0 Å². The van der Waals surface area contributed by atoms with Gasteiger partial charge < -0.3 is 14.3 Å². The minimum atomic E-state index is 0.235. The lowest BCUT2D eigenvalue weighted by Crippen LogP contribution is -2.15. The maximum Gasteiger partial charge on any atom is 0.178 e. The molecule has 0 aliphatic carbocycles. The molecule has 0 fully saturated rings. The van der Waals surface area contributed by atoms with E-state index >= 15 is 0 Å². The smallest absolute Gasteiger partial charge is 0.178 e. The number of methoxy groups -OCH3 is 1. The number of hydrogen-bond donors (Lipinski definition) is 1. The first-order chi connectivity index (χ1) is 10.1. The number of imidazole rings is 1. The predicted octanol–water partition coefficient (Wildman–Crippen LogP) is 5.01. The second-order valence-corrected chi connectivity index (χ2v) is 6.72. The van der Waals surface area contributed by atoms with Crippen molar-refractivity contribution in [3.05, 3.63) is 45.4 Å². The van der Waals surface area contributed by atoms with Gasteiger partial charge in [0.25, 0.3) is 0 Å². The van der Waals surface area contributed by atoms with Crippen LogP contribution in [0.25, 0.3) is 11.0 Å². The normalized spacial score (nSPS) is 13.0. The predicted molar refractivity (Wildman–Crippen MR) is 91.0 cm³/mol. The molecule has 0 amide bonds. The number of benzene rings is 1. The zero-order valence-electron chi connectivity index (χ0n) is 12.3. The minimum Gasteiger partial charge on any atom is -0.494 e. The Balaban J connectivity index is 2.28. The minimum absolute atomic E-state index is 0.235. The Bertz CT molecular complexity index is 799. The molecule has 2 aromatic heterocycles. The molecule has 5 heteroatoms. The summed E-state index contributed by atoms with van der Waals surface area (Å²) in [4.78, 5) is 4.63. The third kappa shape index (κ3) is 2.40. The number of hydrogen-bond acceptors (Lipinski definition) is 3. The Labute approximate surface area is 133 Å². The molecule has 3 nitrogen and oxygen atoms in total. The molecule has 0 aliphatic heterocycles. The van der Waals surface area contributed by atoms with E-state index in [2.05, 4.69) is 47.0 Å². The number of nitrogens with one attached hydrogen (secondary N) is 1. The summed E-state index contributed by atoms with van der Waals surface area (Å²) in [7, 11) is 1.68. The van der Waals surface area contributed by atoms with Crippen molar-refractivity contribution in [2.45, 2.75) is 19.9 Å². The monoisotopic (exact) mass is 318 g/mol. The SMILES string of the molecule is COc1cccc2c1[nH]c(=S)n2C(c1cccs1)C(C)C. The summed E-state index contributed by atoms with van der Waals surface area (Å²) in [6.07, 6.45) is 0. The first-order valence-corrected chi connectivity index (χ1v) is 8.23. The third-order valence-corrected chi connectivity index (χ3v) is 4.92. The molecule has 1 aromatic carbocycles. The van der Waals surface area contributed by atoms with E-state index in [4.69, 9.17) is 17.0 Å². The Morgan fingerprint density at radius 3 is 2.67 bits per heavy atom. The van der Waals surface area contributed by atoms with Crippen molar-refractivity contribution in [1.82, 2.24) is 9.55 Å². The van der Waals surface area contributed by atoms with Crippen molar-refractivity contribution < 1.29 is 4.74 Å². The van der Waals surface area contributed by atoms with Crippen LogP contribution in [0.5, 0.6) is 5.75 Å². The van der Waals surface area contributed by atoms with Crippen LogP contribution >= 0.6 is 23.6 Å². The maximum atomic E-state index is 5.59. The van der Waals surface area contributed by atoms with Crippen molar-refractivity contribution in [3.8, 4) is 5.75 Å². The zero-order valence-corrected chi connectivity index (χ0v) is 13.9. The van der Waals surface area contributed by atoms with Gasteiger partial charge in [0.1, 0.15) is 11.3 Å². The maximum absolute atomic E-state index is 5.59. The highest BCUT2D eigenvalue weighted by Crippen LogP contribution is 2.35. The van der Waals surface area contributed by atoms with E-state index in [1.165, 1.54) is 4.88 Å². The summed E-state index contributed by atoms with van der Waals surface area (Å²) >= 11 is 7.36. The highest BCUT2D eigenvalue weighted by atomic mass is 32.1. The van der Waals surface area contributed by atoms with Crippen LogP contribution in [0.2, 0.25) is 0 Å². The fourth-order valence-electron chi connectivity index (χ4n) is 2.78. The van der Waals surface area contributed by atoms with Gasteiger partial charge in [-0.3, -0.25) is 0 Å². The average molecular weight is 318 g/mol. The lowest BCUT2D eigenvalue weighted by molar-refractivity contribution is 0.419. The number of para-hydroxylation sites is 1. The van der Waals surface area contributed by atoms with Crippen molar-refractivity contribution in [2.24, 2.45) is 5.92 Å². The number of aromatic nitrogens is 2. The number of thiophene rings is 1. The topological polar surface area (TPSA) is 29.9 Å². The molecule has 0 spiro atoms. The van der Waals surface area contributed by atoms with Crippen LogP contribution in [0.3, 0.4) is 0 Å². The Hall–Kier alpha value is -1.59. The zero-order chi connectivity index (χ0) is 15.0. The summed E-state index contributed by atoms with van der Waals surface area (Å²) in [6.45, 7) is 4.45. The standard InChI is InChI=1S/C16H18N2OS2/c1-10(2)15(13-8-5-9-21-13)18-11-6-4-7-12(19-3)14(11)17-16(18)20/h4-10,15H,1-3H3,(H,17,20). The van der Waals surface area contributed by atoms with Gasteiger partial charge in [-0.15, -0.1) is 11.3 Å². The van der Waals surface area contributed by atoms with E-state index < -0.39 is 0 Å². The largest absolute Gasteiger partial charge is 0.494 e. The van der Waals surface area contributed by atoms with Crippen LogP contribution < -0.4 is 4.74 Å². The van der Waals surface area contributed by atoms with E-state index in [1.807, 2.05) is 12.1 Å². The van der Waals surface area contributed by atoms with Gasteiger partial charge >= 0.3 is 0 Å². The van der Waals surface area contributed by atoms with Crippen molar-refractivity contribution >= 4 is 34.6 Å². The molecule has 1 atom stereocenters. The Morgan fingerprint density at radius 1 is 1.24 bits per heavy atom. The van der Waals surface area contributed by atoms with Crippen molar-refractivity contribution in [3.63, 3.8) is 0 Å². The van der Waals surface area contributed by atoms with Crippen LogP contribution in [0.15, 0.2) is 35.7 Å². The molecular formula is C16H18N2OS2. The van der Waals surface area contributed by atoms with Gasteiger partial charge in [-0.1, -0.05) is 26.0 Å². The third-order valence-electron chi connectivity index (χ3n) is 3.68. The van der Waals surface area contributed by atoms with Crippen molar-refractivity contribution in [2.75, 3.05) is 7.11 Å². The molecule has 0 saturated carbocycles. The molecule has 1 N–H and O–H groups in total. The molecule has 1 unspecified atom stereocenters. The number of aromatic amines is 1. The van der Waals surface area contributed by atoms with E-state index in [1.54, 1.807) is 18.4 Å². The van der Waals surface area contributed by atoms with Gasteiger partial charge in [0, 0.05) is 4.88 Å². The first-order valence-electron chi connectivity index (χ1n) is 6.94. The van der Waals surface area contributed by atoms with Gasteiger partial charge in [-0.05, 0) is 41.7 Å². The Kier molecular flexibility index (Phi) is 3.87. The summed E-state index contributed by atoms with van der Waals surface area (Å²) < 4.78 is 8.39. The number of rotatable bonds is 4. The van der Waals surface area contributed by atoms with Gasteiger partial charge in [-0.25, -0.2) is 0 Å². The molecule has 110 valence electrons. The van der Waals surface area contributed by atoms with Crippen LogP contribution in [-0.2, 0) is 0 Å². The second-order valence-electron chi connectivity index (χ2n) is 5.36. The van der Waals surface area contributed by atoms with Crippen LogP contribution in [-0.4, -0.2) is 16.7 Å². The first kappa shape index (κ1) is 14.4. The number of fused-ring (bicyclic) bond motifs is 1. The summed E-state index contributed by atoms with van der Waals surface area (Å²) in [5, 5.41) is 2.11. The lowest BCUT2D eigenvalue weighted by Gasteiger charge is -2.22. The van der Waals surface area contributed by atoms with Gasteiger partial charge in [0.05, 0.1) is 18.7 Å².